The number of nitrogens with zero attached hydrogens (tertiary/aromatic N) is 11. The first-order valence-electron chi connectivity index (χ1n) is 44.7. The van der Waals surface area contributed by atoms with Crippen LogP contribution in [0.2, 0.25) is 0 Å². The summed E-state index contributed by atoms with van der Waals surface area (Å²) in [5.41, 5.74) is 36.1. The lowest BCUT2D eigenvalue weighted by molar-refractivity contribution is 0.953. The maximum absolute atomic E-state index is 5.12. The molecule has 3 aliphatic rings. The van der Waals surface area contributed by atoms with Gasteiger partial charge in [-0.15, -0.1) is 0 Å². The summed E-state index contributed by atoms with van der Waals surface area (Å²) in [5, 5.41) is 17.0. The van der Waals surface area contributed by atoms with Crippen LogP contribution in [0.5, 0.6) is 0 Å². The van der Waals surface area contributed by atoms with Crippen LogP contribution in [0.3, 0.4) is 0 Å². The van der Waals surface area contributed by atoms with E-state index in [-0.39, 0.29) is 0 Å². The predicted octanol–water partition coefficient (Wildman–Crippen LogP) is 31.3. The monoisotopic (exact) mass is 1680 g/mol. The van der Waals surface area contributed by atoms with Crippen molar-refractivity contribution in [2.75, 3.05) is 9.80 Å². The normalized spacial score (nSPS) is 11.9. The largest absolute Gasteiger partial charge is 0.310 e. The molecule has 11 nitrogen and oxygen atoms in total. The van der Waals surface area contributed by atoms with Gasteiger partial charge in [0.2, 0.25) is 5.95 Å². The number of para-hydroxylation sites is 2. The van der Waals surface area contributed by atoms with Crippen LogP contribution in [0.15, 0.2) is 444 Å². The number of hydrogen-bond donors (Lipinski definition) is 0. The van der Waals surface area contributed by atoms with Crippen molar-refractivity contribution in [1.82, 2.24) is 44.0 Å². The summed E-state index contributed by atoms with van der Waals surface area (Å²) in [6.45, 7) is 0. The fourth-order valence-corrected chi connectivity index (χ4v) is 21.6. The second-order valence-corrected chi connectivity index (χ2v) is 34.2. The summed E-state index contributed by atoms with van der Waals surface area (Å²) in [4.78, 5) is 37.5. The van der Waals surface area contributed by atoms with E-state index in [2.05, 4.69) is 373 Å². The lowest BCUT2D eigenvalue weighted by Gasteiger charge is -2.28. The zero-order chi connectivity index (χ0) is 86.6. The fourth-order valence-electron chi connectivity index (χ4n) is 21.6. The van der Waals surface area contributed by atoms with Crippen LogP contribution in [0.4, 0.5) is 34.1 Å². The zero-order valence-corrected chi connectivity index (χ0v) is 71.1. The van der Waals surface area contributed by atoms with Gasteiger partial charge in [0.05, 0.1) is 27.8 Å². The van der Waals surface area contributed by atoms with E-state index in [1.54, 1.807) is 0 Å². The van der Waals surface area contributed by atoms with Crippen molar-refractivity contribution in [3.05, 3.63) is 444 Å². The molecular weight excluding hydrogens is 1610 g/mol. The van der Waals surface area contributed by atoms with Gasteiger partial charge in [-0.1, -0.05) is 279 Å². The van der Waals surface area contributed by atoms with Gasteiger partial charge in [-0.2, -0.15) is 9.97 Å². The Bertz CT molecular complexity index is 8590. The van der Waals surface area contributed by atoms with Crippen LogP contribution < -0.4 is 9.80 Å². The molecule has 7 heterocycles. The Hall–Kier alpha value is -17.9. The minimum atomic E-state index is 0.586. The first-order chi connectivity index (χ1) is 65.5. The Balaban J connectivity index is 0.000000137. The van der Waals surface area contributed by atoms with E-state index >= 15 is 0 Å². The Morgan fingerprint density at radius 3 is 0.909 bits per heavy atom. The molecule has 0 amide bonds. The van der Waals surface area contributed by atoms with Crippen molar-refractivity contribution in [2.24, 2.45) is 0 Å². The maximum Gasteiger partial charge on any atom is 0.238 e. The van der Waals surface area contributed by atoms with Gasteiger partial charge in [0, 0.05) is 122 Å². The van der Waals surface area contributed by atoms with Crippen LogP contribution in [0.1, 0.15) is 0 Å². The molecule has 0 atom stereocenters. The molecule has 11 heteroatoms. The highest BCUT2D eigenvalue weighted by Gasteiger charge is 2.32. The van der Waals surface area contributed by atoms with Crippen LogP contribution in [-0.4, -0.2) is 44.0 Å². The number of pyridine rings is 4. The van der Waals surface area contributed by atoms with Gasteiger partial charge in [0.1, 0.15) is 0 Å². The number of anilines is 6. The van der Waals surface area contributed by atoms with Crippen molar-refractivity contribution >= 4 is 132 Å². The third-order valence-electron chi connectivity index (χ3n) is 27.3. The zero-order valence-electron chi connectivity index (χ0n) is 71.1. The predicted molar refractivity (Wildman–Crippen MR) is 543 cm³/mol. The topological polar surface area (TPSA) is 107 Å². The van der Waals surface area contributed by atoms with Gasteiger partial charge in [0.15, 0.2) is 11.6 Å². The van der Waals surface area contributed by atoms with Gasteiger partial charge in [0.25, 0.3) is 0 Å². The van der Waals surface area contributed by atoms with E-state index in [4.69, 9.17) is 15.0 Å². The molecule has 0 N–H and O–H groups in total. The van der Waals surface area contributed by atoms with Crippen LogP contribution in [0, 0.1) is 0 Å². The Kier molecular flexibility index (Phi) is 16.8. The Labute approximate surface area is 758 Å². The third-order valence-corrected chi connectivity index (χ3v) is 27.3. The molecule has 25 aromatic rings. The lowest BCUT2D eigenvalue weighted by Crippen LogP contribution is -2.10. The average molecular weight is 1680 g/mol. The molecule has 0 spiro atoms. The van der Waals surface area contributed by atoms with Crippen LogP contribution >= 0.6 is 0 Å². The van der Waals surface area contributed by atoms with Crippen molar-refractivity contribution in [3.63, 3.8) is 0 Å². The summed E-state index contributed by atoms with van der Waals surface area (Å²) >= 11 is 0. The first-order valence-corrected chi connectivity index (χ1v) is 44.7. The van der Waals surface area contributed by atoms with E-state index in [0.29, 0.717) is 17.6 Å². The number of hydrogen-bond acceptors (Lipinski definition) is 9. The van der Waals surface area contributed by atoms with Crippen molar-refractivity contribution in [2.45, 2.75) is 0 Å². The molecular formula is C121H73N11. The number of fused-ring (bicyclic) bond motifs is 17. The molecule has 132 heavy (non-hydrogen) atoms. The highest BCUT2D eigenvalue weighted by molar-refractivity contribution is 6.30. The number of aromatic nitrogens is 9. The fraction of sp³-hybridized carbons (Fsp3) is 0. The lowest BCUT2D eigenvalue weighted by atomic mass is 9.82. The smallest absolute Gasteiger partial charge is 0.238 e. The Morgan fingerprint density at radius 1 is 0.174 bits per heavy atom. The minimum absolute atomic E-state index is 0.586. The van der Waals surface area contributed by atoms with E-state index in [0.717, 1.165) is 99.7 Å². The van der Waals surface area contributed by atoms with Gasteiger partial charge in [-0.25, -0.2) is 4.98 Å². The summed E-state index contributed by atoms with van der Waals surface area (Å²) in [6, 6.07) is 143. The third kappa shape index (κ3) is 11.5. The quantitative estimate of drug-likeness (QED) is 0.104. The van der Waals surface area contributed by atoms with E-state index in [9.17, 15) is 0 Å². The molecule has 7 aromatic heterocycles. The summed E-state index contributed by atoms with van der Waals surface area (Å²) in [7, 11) is 0. The maximum atomic E-state index is 5.12. The van der Waals surface area contributed by atoms with Crippen molar-refractivity contribution in [1.29, 1.82) is 0 Å². The second kappa shape index (κ2) is 29.9. The molecule has 0 unspecified atom stereocenters. The molecule has 612 valence electrons. The Morgan fingerprint density at radius 2 is 0.492 bits per heavy atom. The van der Waals surface area contributed by atoms with Crippen LogP contribution in [0.25, 0.3) is 232 Å². The first kappa shape index (κ1) is 74.3. The number of rotatable bonds is 13. The molecule has 0 saturated carbocycles. The van der Waals surface area contributed by atoms with Gasteiger partial charge >= 0.3 is 0 Å². The second-order valence-electron chi connectivity index (χ2n) is 34.2. The summed E-state index contributed by atoms with van der Waals surface area (Å²) < 4.78 is 4.64. The molecule has 0 saturated heterocycles. The molecule has 3 aliphatic carbocycles. The molecule has 0 fully saturated rings. The van der Waals surface area contributed by atoms with Crippen LogP contribution in [-0.2, 0) is 0 Å². The summed E-state index contributed by atoms with van der Waals surface area (Å²) in [6.07, 6.45) is 14.9. The summed E-state index contributed by atoms with van der Waals surface area (Å²) in [5.74, 6) is 1.86. The van der Waals surface area contributed by atoms with Gasteiger partial charge in [-0.3, -0.25) is 24.5 Å². The minimum Gasteiger partial charge on any atom is -0.310 e. The van der Waals surface area contributed by atoms with Gasteiger partial charge in [-0.05, 0) is 264 Å². The van der Waals surface area contributed by atoms with E-state index < -0.39 is 0 Å². The standard InChI is InChI=1S/C66H40N6.C55H33N5/c1-3-9-49-47(7-1)51-11-5-13-53-57(21-19-55(49)63(51)53)65-59-17-15-46(72(43-27-35-69-36-28-43)44-29-37-70-38-30-44)40-62(59)66(58-22-20-56-50-10-4-2-8-48(50)52-12-6-14-54(58)64(52)56)60-18-16-45(39-61(60)65)71(41-23-31-67-32-24-41)42-25-33-68-34-26-42;1-3-14-34(15-4-1)53-56-54(35-16-5-2-6-17-35)58-55(57-53)60-48-25-12-10-21-41(48)46-33-37(27-30-51(46)60)36-26-29-50-45(32-36)40-20-9-11-24-47(40)59(50)49-31-28-43-39-19-8-7-18-38(39)42-22-13-23-44(49)52(42)43/h1-40H;1-33H. The highest BCUT2D eigenvalue weighted by atomic mass is 15.2. The molecule has 0 radical (unpaired) electrons. The highest BCUT2D eigenvalue weighted by Crippen LogP contribution is 2.58. The number of benzene rings is 18. The molecule has 18 aromatic carbocycles. The SMILES string of the molecule is c1ccc(-c2nc(-c3ccccc3)nc(-n3c4ccccc4c4cc(-c5ccc6c(c5)c5ccccc5n6-c5ccc6c7c(cccc57)-c5ccccc5-6)ccc43)n2)cc1.c1ccc2c(c1)-c1cccc3c(-c4c5ccc(N(c6ccncc6)c6ccncc6)cc5c(-c5ccc6c7c(cccc57)-c5ccccc5-6)c5ccc(N(c6ccncc6)c6ccncc6)cc45)ccc-2c13. The molecule has 0 aliphatic heterocycles. The molecule has 28 rings (SSSR count). The van der Waals surface area contributed by atoms with E-state index in [1.807, 2.05) is 110 Å². The molecule has 0 bridgehead atoms. The van der Waals surface area contributed by atoms with Gasteiger partial charge < -0.3 is 14.4 Å². The van der Waals surface area contributed by atoms with E-state index in [1.165, 1.54) is 149 Å². The van der Waals surface area contributed by atoms with Crippen molar-refractivity contribution < 1.29 is 0 Å². The van der Waals surface area contributed by atoms with Crippen molar-refractivity contribution in [3.8, 4) is 135 Å². The average Bonchev–Trinajstić information content (AvgIpc) is 1.25.